The lowest BCUT2D eigenvalue weighted by Crippen LogP contribution is -2.50. The van der Waals surface area contributed by atoms with E-state index in [1.807, 2.05) is 0 Å². The van der Waals surface area contributed by atoms with Crippen molar-refractivity contribution in [3.8, 4) is 23.0 Å². The second kappa shape index (κ2) is 12.6. The van der Waals surface area contributed by atoms with E-state index in [0.29, 0.717) is 27.2 Å². The number of benzene rings is 2. The van der Waals surface area contributed by atoms with E-state index < -0.39 is 102 Å². The number of nitrogen functional groups attached to an aromatic ring is 1. The number of anilines is 1. The van der Waals surface area contributed by atoms with Crippen LogP contribution in [0.4, 0.5) is 45.3 Å². The Hall–Kier alpha value is -5.28. The van der Waals surface area contributed by atoms with Crippen molar-refractivity contribution in [3.05, 3.63) is 93.0 Å². The average molecular weight is 808 g/mol. The number of pyridine rings is 1. The summed E-state index contributed by atoms with van der Waals surface area (Å²) < 4.78 is 131. The Morgan fingerprint density at radius 1 is 1.07 bits per heavy atom. The third-order valence-corrected chi connectivity index (χ3v) is 10.5. The van der Waals surface area contributed by atoms with Crippen molar-refractivity contribution in [1.29, 1.82) is 0 Å². The molecule has 2 saturated carbocycles. The Balaban J connectivity index is 1.26. The van der Waals surface area contributed by atoms with Gasteiger partial charge >= 0.3 is 6.18 Å². The molecule has 3 aliphatic rings. The van der Waals surface area contributed by atoms with Crippen LogP contribution in [0.15, 0.2) is 42.5 Å². The second-order valence-corrected chi connectivity index (χ2v) is 14.8. The molecule has 292 valence electrons. The number of aryl methyl sites for hydroxylation is 1. The summed E-state index contributed by atoms with van der Waals surface area (Å²) >= 11 is 6.47. The van der Waals surface area contributed by atoms with Gasteiger partial charge in [-0.05, 0) is 60.6 Å². The topological polar surface area (TPSA) is 124 Å². The van der Waals surface area contributed by atoms with Gasteiger partial charge in [0.15, 0.2) is 11.5 Å². The van der Waals surface area contributed by atoms with E-state index in [1.54, 1.807) is 13.1 Å². The van der Waals surface area contributed by atoms with E-state index >= 15 is 8.78 Å². The number of aliphatic hydroxyl groups is 1. The molecule has 4 N–H and O–H groups in total. The van der Waals surface area contributed by atoms with Crippen LogP contribution in [-0.4, -0.2) is 47.1 Å². The average Bonchev–Trinajstić information content (AvgIpc) is 3.62. The van der Waals surface area contributed by atoms with Crippen LogP contribution in [0.5, 0.6) is 0 Å². The Labute approximate surface area is 315 Å². The molecule has 3 aliphatic carbocycles. The quantitative estimate of drug-likeness (QED) is 0.118. The molecule has 3 atom stereocenters. The molecule has 5 aromatic rings. The largest absolute Gasteiger partial charge is 0.435 e. The number of hydrogen-bond acceptors (Lipinski definition) is 6. The number of nitrogens with zero attached hydrogens (tertiary/aromatic N) is 5. The Kier molecular flexibility index (Phi) is 8.48. The van der Waals surface area contributed by atoms with E-state index in [9.17, 15) is 40.6 Å². The fraction of sp³-hybridized carbons (Fsp3) is 0.351. The van der Waals surface area contributed by atoms with Gasteiger partial charge in [-0.15, -0.1) is 0 Å². The van der Waals surface area contributed by atoms with Crippen molar-refractivity contribution in [3.63, 3.8) is 0 Å². The maximum absolute atomic E-state index is 15.3. The van der Waals surface area contributed by atoms with E-state index in [4.69, 9.17) is 17.3 Å². The highest BCUT2D eigenvalue weighted by atomic mass is 35.5. The van der Waals surface area contributed by atoms with Gasteiger partial charge in [-0.3, -0.25) is 14.2 Å². The maximum Gasteiger partial charge on any atom is 0.435 e. The molecular weight excluding hydrogens is 781 g/mol. The van der Waals surface area contributed by atoms with Crippen LogP contribution in [0.2, 0.25) is 5.02 Å². The van der Waals surface area contributed by atoms with Gasteiger partial charge in [0.1, 0.15) is 35.2 Å². The lowest BCUT2D eigenvalue weighted by atomic mass is 9.77. The maximum atomic E-state index is 15.3. The summed E-state index contributed by atoms with van der Waals surface area (Å²) in [6.07, 6.45) is -7.55. The SMILES string of the molecule is Cn1nc(N)c2c(Cl)ccc(-c3ccc(C#CC4(O)CC(F)(F)C4)nc3[C@H](Cc3cc(F)cc(F)c3)NC(=O)Cn3nc(C(F)(F)F)c4c3C(F)(F)[C@@H]3C[C@H]43)c21. The fourth-order valence-electron chi connectivity index (χ4n) is 7.89. The number of aromatic nitrogens is 5. The molecule has 0 spiro atoms. The zero-order valence-corrected chi connectivity index (χ0v) is 29.5. The molecule has 19 heteroatoms. The van der Waals surface area contributed by atoms with Crippen molar-refractivity contribution in [2.75, 3.05) is 5.73 Å². The zero-order valence-electron chi connectivity index (χ0n) is 28.8. The Bertz CT molecular complexity index is 2510. The number of rotatable bonds is 7. The van der Waals surface area contributed by atoms with Crippen LogP contribution in [0.25, 0.3) is 22.0 Å². The number of halogens is 10. The number of alkyl halides is 7. The molecule has 2 fully saturated rings. The minimum absolute atomic E-state index is 0.0277. The van der Waals surface area contributed by atoms with Gasteiger partial charge in [0.2, 0.25) is 5.91 Å². The first kappa shape index (κ1) is 37.6. The van der Waals surface area contributed by atoms with Crippen molar-refractivity contribution in [2.24, 2.45) is 13.0 Å². The smallest absolute Gasteiger partial charge is 0.382 e. The first-order chi connectivity index (χ1) is 26.1. The monoisotopic (exact) mass is 807 g/mol. The van der Waals surface area contributed by atoms with Crippen LogP contribution in [0, 0.1) is 29.4 Å². The van der Waals surface area contributed by atoms with Crippen LogP contribution in [0.1, 0.15) is 65.1 Å². The van der Waals surface area contributed by atoms with Gasteiger partial charge in [-0.1, -0.05) is 23.6 Å². The van der Waals surface area contributed by atoms with E-state index in [-0.39, 0.29) is 39.8 Å². The zero-order chi connectivity index (χ0) is 40.3. The summed E-state index contributed by atoms with van der Waals surface area (Å²) in [5.74, 6) is -7.36. The molecule has 2 aromatic carbocycles. The van der Waals surface area contributed by atoms with Crippen LogP contribution < -0.4 is 11.1 Å². The summed E-state index contributed by atoms with van der Waals surface area (Å²) in [5, 5.41) is 21.3. The third kappa shape index (κ3) is 6.49. The van der Waals surface area contributed by atoms with Gasteiger partial charge in [0.05, 0.1) is 40.5 Å². The number of fused-ring (bicyclic) bond motifs is 4. The Morgan fingerprint density at radius 3 is 2.41 bits per heavy atom. The summed E-state index contributed by atoms with van der Waals surface area (Å²) in [4.78, 5) is 18.4. The lowest BCUT2D eigenvalue weighted by molar-refractivity contribution is -0.176. The molecule has 3 aromatic heterocycles. The molecule has 8 rings (SSSR count). The highest BCUT2D eigenvalue weighted by molar-refractivity contribution is 6.37. The molecule has 0 bridgehead atoms. The van der Waals surface area contributed by atoms with Crippen molar-refractivity contribution in [1.82, 2.24) is 29.9 Å². The number of hydrogen-bond donors (Lipinski definition) is 3. The van der Waals surface area contributed by atoms with Gasteiger partial charge < -0.3 is 16.2 Å². The third-order valence-electron chi connectivity index (χ3n) is 10.2. The molecule has 9 nitrogen and oxygen atoms in total. The van der Waals surface area contributed by atoms with Crippen LogP contribution in [0.3, 0.4) is 0 Å². The second-order valence-electron chi connectivity index (χ2n) is 14.4. The molecular formula is C37H27ClF9N7O2. The van der Waals surface area contributed by atoms with Gasteiger partial charge in [-0.2, -0.15) is 32.1 Å². The highest BCUT2D eigenvalue weighted by Crippen LogP contribution is 2.68. The first-order valence-electron chi connectivity index (χ1n) is 17.0. The molecule has 0 saturated heterocycles. The van der Waals surface area contributed by atoms with E-state index in [0.717, 1.165) is 12.1 Å². The normalized spacial score (nSPS) is 20.4. The van der Waals surface area contributed by atoms with E-state index in [2.05, 4.69) is 32.3 Å². The number of carbonyl (C=O) groups is 1. The van der Waals surface area contributed by atoms with Crippen LogP contribution in [-0.2, 0) is 36.9 Å². The van der Waals surface area contributed by atoms with Crippen LogP contribution >= 0.6 is 11.6 Å². The standard InChI is InChI=1S/C37H27ClF9N7O2/c1-53-30-21(4-5-24(38)28(30)33(48)52-53)20-3-2-19(6-7-34(56)14-35(41,42)15-34)49-29(20)25(10-16-8-17(39)11-18(40)9-16)50-26(55)13-54-32-27(31(51-54)37(45,46)47)22-12-23(22)36(32,43)44/h2-5,8-9,11,22-23,25,56H,10,12-15H2,1H3,(H2,48,52)(H,50,55)/t22-,23+,25-/m0/s1. The lowest BCUT2D eigenvalue weighted by Gasteiger charge is -2.39. The van der Waals surface area contributed by atoms with Crippen molar-refractivity contribution in [2.45, 2.75) is 67.8 Å². The molecule has 0 aliphatic heterocycles. The predicted octanol–water partition coefficient (Wildman–Crippen LogP) is 7.19. The Morgan fingerprint density at radius 2 is 1.75 bits per heavy atom. The fourth-order valence-corrected chi connectivity index (χ4v) is 8.13. The predicted molar refractivity (Wildman–Crippen MR) is 182 cm³/mol. The molecule has 3 heterocycles. The number of carbonyl (C=O) groups excluding carboxylic acids is 1. The summed E-state index contributed by atoms with van der Waals surface area (Å²) in [5.41, 5.74) is 1.67. The number of nitrogens with one attached hydrogen (secondary N) is 1. The summed E-state index contributed by atoms with van der Waals surface area (Å²) in [6.45, 7) is -1.11. The highest BCUT2D eigenvalue weighted by Gasteiger charge is 2.68. The molecule has 1 amide bonds. The number of amides is 1. The van der Waals surface area contributed by atoms with Gasteiger partial charge in [0.25, 0.3) is 11.8 Å². The van der Waals surface area contributed by atoms with Crippen molar-refractivity contribution >= 4 is 34.2 Å². The van der Waals surface area contributed by atoms with Gasteiger partial charge in [-0.25, -0.2) is 22.5 Å². The minimum atomic E-state index is -5.09. The number of nitrogens with two attached hydrogens (primary N) is 1. The molecule has 0 unspecified atom stereocenters. The van der Waals surface area contributed by atoms with Gasteiger partial charge in [0, 0.05) is 35.7 Å². The van der Waals surface area contributed by atoms with Crippen molar-refractivity contribution < 1.29 is 49.4 Å². The summed E-state index contributed by atoms with van der Waals surface area (Å²) in [7, 11) is 1.56. The molecule has 56 heavy (non-hydrogen) atoms. The first-order valence-corrected chi connectivity index (χ1v) is 17.4. The summed E-state index contributed by atoms with van der Waals surface area (Å²) in [6, 6.07) is 7.02. The minimum Gasteiger partial charge on any atom is -0.382 e. The molecule has 0 radical (unpaired) electrons. The van der Waals surface area contributed by atoms with E-state index in [1.165, 1.54) is 22.9 Å².